The van der Waals surface area contributed by atoms with Crippen molar-refractivity contribution in [2.24, 2.45) is 0 Å². The Kier molecular flexibility index (Phi) is 8.53. The number of ether oxygens (including phenoxy) is 1. The highest BCUT2D eigenvalue weighted by Gasteiger charge is 2.18. The fraction of sp³-hybridized carbons (Fsp3) is 0.133. The normalized spacial score (nSPS) is 10.5. The molecule has 4 aromatic carbocycles. The van der Waals surface area contributed by atoms with E-state index >= 15 is 0 Å². The van der Waals surface area contributed by atoms with Gasteiger partial charge in [0.1, 0.15) is 5.75 Å². The van der Waals surface area contributed by atoms with E-state index in [1.807, 2.05) is 48.5 Å². The Balaban J connectivity index is 1.40. The number of carbonyl (C=O) groups excluding carboxylic acids is 2. The van der Waals surface area contributed by atoms with Crippen LogP contribution in [0.1, 0.15) is 31.8 Å². The number of para-hydroxylation sites is 1. The highest BCUT2D eigenvalue weighted by molar-refractivity contribution is 9.10. The molecular weight excluding hydrogens is 516 g/mol. The summed E-state index contributed by atoms with van der Waals surface area (Å²) in [5.41, 5.74) is 3.59. The van der Waals surface area contributed by atoms with Crippen LogP contribution in [0.15, 0.2) is 108 Å². The second-order valence-corrected chi connectivity index (χ2v) is 9.23. The molecule has 0 saturated carbocycles. The van der Waals surface area contributed by atoms with Crippen molar-refractivity contribution in [1.29, 1.82) is 0 Å². The smallest absolute Gasteiger partial charge is 0.256 e. The molecule has 0 aliphatic rings. The third-order valence-electron chi connectivity index (χ3n) is 5.70. The Morgan fingerprint density at radius 3 is 2.17 bits per heavy atom. The van der Waals surface area contributed by atoms with Crippen LogP contribution >= 0.6 is 15.9 Å². The lowest BCUT2D eigenvalue weighted by molar-refractivity contribution is 0.0786. The zero-order valence-corrected chi connectivity index (χ0v) is 21.6. The fourth-order valence-electron chi connectivity index (χ4n) is 3.79. The second-order valence-electron chi connectivity index (χ2n) is 8.38. The number of nitrogens with zero attached hydrogens (tertiary/aromatic N) is 1. The lowest BCUT2D eigenvalue weighted by atomic mass is 10.1. The summed E-state index contributed by atoms with van der Waals surface area (Å²) in [5, 5.41) is 2.89. The number of halogens is 1. The SMILES string of the molecule is CN(Cc1ccccc1)C(=O)c1ccccc1NC(=O)c1ccc(OCCc2ccccc2)c(Br)c1. The maximum absolute atomic E-state index is 13.1. The van der Waals surface area contributed by atoms with Gasteiger partial charge in [-0.15, -0.1) is 0 Å². The van der Waals surface area contributed by atoms with Crippen molar-refractivity contribution >= 4 is 33.4 Å². The van der Waals surface area contributed by atoms with Crippen LogP contribution in [0, 0.1) is 0 Å². The van der Waals surface area contributed by atoms with Gasteiger partial charge in [-0.2, -0.15) is 0 Å². The van der Waals surface area contributed by atoms with Crippen LogP contribution in [-0.2, 0) is 13.0 Å². The molecule has 5 nitrogen and oxygen atoms in total. The largest absolute Gasteiger partial charge is 0.492 e. The summed E-state index contributed by atoms with van der Waals surface area (Å²) in [4.78, 5) is 27.8. The van der Waals surface area contributed by atoms with E-state index in [2.05, 4.69) is 33.4 Å². The minimum atomic E-state index is -0.308. The number of amides is 2. The van der Waals surface area contributed by atoms with Gasteiger partial charge in [0.25, 0.3) is 11.8 Å². The summed E-state index contributed by atoms with van der Waals surface area (Å²) in [6.07, 6.45) is 0.791. The summed E-state index contributed by atoms with van der Waals surface area (Å²) in [7, 11) is 1.75. The number of nitrogens with one attached hydrogen (secondary N) is 1. The topological polar surface area (TPSA) is 58.6 Å². The standard InChI is InChI=1S/C30H27BrN2O3/c1-33(21-23-12-6-3-7-13-23)30(35)25-14-8-9-15-27(25)32-29(34)24-16-17-28(26(31)20-24)36-19-18-22-10-4-2-5-11-22/h2-17,20H,18-19,21H2,1H3,(H,32,34). The maximum atomic E-state index is 13.1. The predicted molar refractivity (Wildman–Crippen MR) is 146 cm³/mol. The highest BCUT2D eigenvalue weighted by Crippen LogP contribution is 2.27. The van der Waals surface area contributed by atoms with E-state index in [-0.39, 0.29) is 11.8 Å². The molecule has 0 radical (unpaired) electrons. The molecule has 0 aliphatic heterocycles. The van der Waals surface area contributed by atoms with Crippen molar-refractivity contribution in [3.8, 4) is 5.75 Å². The number of carbonyl (C=O) groups is 2. The van der Waals surface area contributed by atoms with Gasteiger partial charge in [-0.25, -0.2) is 0 Å². The summed E-state index contributed by atoms with van der Waals surface area (Å²) >= 11 is 3.51. The first-order chi connectivity index (χ1) is 17.5. The van der Waals surface area contributed by atoms with Crippen LogP contribution in [0.4, 0.5) is 5.69 Å². The quantitative estimate of drug-likeness (QED) is 0.259. The van der Waals surface area contributed by atoms with E-state index in [1.165, 1.54) is 5.56 Å². The number of hydrogen-bond acceptors (Lipinski definition) is 3. The second kappa shape index (κ2) is 12.2. The van der Waals surface area contributed by atoms with E-state index in [9.17, 15) is 9.59 Å². The molecule has 0 fully saturated rings. The van der Waals surface area contributed by atoms with E-state index in [1.54, 1.807) is 54.4 Å². The van der Waals surface area contributed by atoms with Crippen LogP contribution < -0.4 is 10.1 Å². The first-order valence-electron chi connectivity index (χ1n) is 11.7. The zero-order chi connectivity index (χ0) is 25.3. The third kappa shape index (κ3) is 6.61. The number of hydrogen-bond donors (Lipinski definition) is 1. The van der Waals surface area contributed by atoms with Crippen molar-refractivity contribution < 1.29 is 14.3 Å². The van der Waals surface area contributed by atoms with Gasteiger partial charge in [0.2, 0.25) is 0 Å². The Morgan fingerprint density at radius 1 is 0.833 bits per heavy atom. The molecule has 0 spiro atoms. The molecule has 0 aliphatic carbocycles. The maximum Gasteiger partial charge on any atom is 0.256 e. The lowest BCUT2D eigenvalue weighted by Crippen LogP contribution is -2.27. The van der Waals surface area contributed by atoms with Crippen LogP contribution in [0.2, 0.25) is 0 Å². The van der Waals surface area contributed by atoms with E-state index in [0.717, 1.165) is 12.0 Å². The summed E-state index contributed by atoms with van der Waals surface area (Å²) in [6, 6.07) is 32.2. The molecule has 6 heteroatoms. The van der Waals surface area contributed by atoms with Gasteiger partial charge in [-0.3, -0.25) is 9.59 Å². The van der Waals surface area contributed by atoms with Gasteiger partial charge in [-0.05, 0) is 57.4 Å². The molecule has 2 amide bonds. The average molecular weight is 543 g/mol. The van der Waals surface area contributed by atoms with Gasteiger partial charge in [0.05, 0.1) is 22.3 Å². The summed E-state index contributed by atoms with van der Waals surface area (Å²) in [6.45, 7) is 1.00. The molecule has 4 rings (SSSR count). The van der Waals surface area contributed by atoms with Crippen molar-refractivity contribution in [2.75, 3.05) is 19.0 Å². The Hall–Kier alpha value is -3.90. The number of rotatable bonds is 9. The minimum Gasteiger partial charge on any atom is -0.492 e. The molecule has 0 bridgehead atoms. The van der Waals surface area contributed by atoms with E-state index < -0.39 is 0 Å². The molecule has 36 heavy (non-hydrogen) atoms. The molecule has 0 heterocycles. The molecule has 0 aromatic heterocycles. The average Bonchev–Trinajstić information content (AvgIpc) is 2.90. The molecule has 182 valence electrons. The van der Waals surface area contributed by atoms with Crippen molar-refractivity contribution in [2.45, 2.75) is 13.0 Å². The minimum absolute atomic E-state index is 0.168. The summed E-state index contributed by atoms with van der Waals surface area (Å²) in [5.74, 6) is 0.191. The van der Waals surface area contributed by atoms with Crippen LogP contribution in [0.3, 0.4) is 0 Å². The highest BCUT2D eigenvalue weighted by atomic mass is 79.9. The van der Waals surface area contributed by atoms with Gasteiger partial charge < -0.3 is 15.0 Å². The van der Waals surface area contributed by atoms with E-state index in [4.69, 9.17) is 4.74 Å². The molecule has 0 atom stereocenters. The fourth-order valence-corrected chi connectivity index (χ4v) is 4.28. The number of benzene rings is 4. The van der Waals surface area contributed by atoms with E-state index in [0.29, 0.717) is 40.2 Å². The molecule has 1 N–H and O–H groups in total. The van der Waals surface area contributed by atoms with Crippen LogP contribution in [-0.4, -0.2) is 30.4 Å². The number of anilines is 1. The predicted octanol–water partition coefficient (Wildman–Crippen LogP) is 6.60. The van der Waals surface area contributed by atoms with Gasteiger partial charge >= 0.3 is 0 Å². The Labute approximate surface area is 219 Å². The molecule has 0 unspecified atom stereocenters. The Morgan fingerprint density at radius 2 is 1.47 bits per heavy atom. The Bertz CT molecular complexity index is 1330. The van der Waals surface area contributed by atoms with Gasteiger partial charge in [0, 0.05) is 25.6 Å². The first kappa shape index (κ1) is 25.2. The van der Waals surface area contributed by atoms with Crippen molar-refractivity contribution in [1.82, 2.24) is 4.90 Å². The monoisotopic (exact) mass is 542 g/mol. The van der Waals surface area contributed by atoms with Gasteiger partial charge in [-0.1, -0.05) is 72.8 Å². The zero-order valence-electron chi connectivity index (χ0n) is 20.0. The van der Waals surface area contributed by atoms with Crippen LogP contribution in [0.5, 0.6) is 5.75 Å². The van der Waals surface area contributed by atoms with Gasteiger partial charge in [0.15, 0.2) is 0 Å². The van der Waals surface area contributed by atoms with Crippen molar-refractivity contribution in [3.05, 3.63) is 130 Å². The molecular formula is C30H27BrN2O3. The lowest BCUT2D eigenvalue weighted by Gasteiger charge is -2.19. The molecule has 0 saturated heterocycles. The van der Waals surface area contributed by atoms with Crippen LogP contribution in [0.25, 0.3) is 0 Å². The molecule has 4 aromatic rings. The summed E-state index contributed by atoms with van der Waals surface area (Å²) < 4.78 is 6.58. The third-order valence-corrected chi connectivity index (χ3v) is 6.32. The van der Waals surface area contributed by atoms with Crippen molar-refractivity contribution in [3.63, 3.8) is 0 Å². The first-order valence-corrected chi connectivity index (χ1v) is 12.5.